The molecule has 0 radical (unpaired) electrons. The lowest BCUT2D eigenvalue weighted by Crippen LogP contribution is -2.28. The summed E-state index contributed by atoms with van der Waals surface area (Å²) < 4.78 is 0. The molecule has 76 valence electrons. The first-order valence-electron chi connectivity index (χ1n) is 5.67. The summed E-state index contributed by atoms with van der Waals surface area (Å²) in [5.74, 6) is 3.45. The Balaban J connectivity index is 2.66. The van der Waals surface area contributed by atoms with Gasteiger partial charge in [0.05, 0.1) is 0 Å². The largest absolute Gasteiger partial charge is 0.0999 e. The summed E-state index contributed by atoms with van der Waals surface area (Å²) in [5, 5.41) is 0. The van der Waals surface area contributed by atoms with E-state index in [1.54, 1.807) is 0 Å². The van der Waals surface area contributed by atoms with Crippen molar-refractivity contribution in [3.63, 3.8) is 0 Å². The molecule has 0 unspecified atom stereocenters. The van der Waals surface area contributed by atoms with Gasteiger partial charge < -0.3 is 0 Å². The Morgan fingerprint density at radius 2 is 1.92 bits per heavy atom. The third-order valence-electron chi connectivity index (χ3n) is 3.65. The van der Waals surface area contributed by atoms with Crippen LogP contribution < -0.4 is 0 Å². The van der Waals surface area contributed by atoms with Crippen molar-refractivity contribution in [2.75, 3.05) is 0 Å². The molecule has 1 aliphatic rings. The lowest BCUT2D eigenvalue weighted by molar-refractivity contribution is 0.167. The molecule has 0 aromatic rings. The average molecular weight is 180 g/mol. The van der Waals surface area contributed by atoms with Crippen molar-refractivity contribution in [3.8, 4) is 0 Å². The summed E-state index contributed by atoms with van der Waals surface area (Å²) in [6.45, 7) is 13.5. The molecule has 0 nitrogen and oxygen atoms in total. The van der Waals surface area contributed by atoms with E-state index in [4.69, 9.17) is 0 Å². The molecule has 0 aliphatic heterocycles. The number of rotatable bonds is 2. The molecular weight excluding hydrogens is 156 g/mol. The second kappa shape index (κ2) is 4.30. The van der Waals surface area contributed by atoms with Crippen LogP contribution in [0.15, 0.2) is 12.2 Å². The highest BCUT2D eigenvalue weighted by Gasteiger charge is 2.30. The van der Waals surface area contributed by atoms with Gasteiger partial charge in [-0.05, 0) is 43.4 Å². The van der Waals surface area contributed by atoms with Gasteiger partial charge in [-0.15, -0.1) is 0 Å². The van der Waals surface area contributed by atoms with Gasteiger partial charge >= 0.3 is 0 Å². The standard InChI is InChI=1S/C13H24/c1-9(2)12-7-6-11(5)8-13(12)10(3)4/h10-13H,1,6-8H2,2-5H3/t11-,12+,13+/m1/s1. The Morgan fingerprint density at radius 1 is 1.31 bits per heavy atom. The normalized spacial score (nSPS) is 35.0. The second-order valence-corrected chi connectivity index (χ2v) is 5.28. The zero-order valence-electron chi connectivity index (χ0n) is 9.64. The number of allylic oxidation sites excluding steroid dienone is 1. The topological polar surface area (TPSA) is 0 Å². The summed E-state index contributed by atoms with van der Waals surface area (Å²) in [4.78, 5) is 0. The maximum atomic E-state index is 4.14. The van der Waals surface area contributed by atoms with E-state index in [2.05, 4.69) is 34.3 Å². The van der Waals surface area contributed by atoms with E-state index in [0.717, 1.165) is 23.7 Å². The molecule has 0 bridgehead atoms. The van der Waals surface area contributed by atoms with Gasteiger partial charge in [-0.2, -0.15) is 0 Å². The molecule has 0 heterocycles. The Hall–Kier alpha value is -0.260. The highest BCUT2D eigenvalue weighted by Crippen LogP contribution is 2.40. The lowest BCUT2D eigenvalue weighted by atomic mass is 9.68. The average Bonchev–Trinajstić information content (AvgIpc) is 2.03. The molecule has 1 saturated carbocycles. The van der Waals surface area contributed by atoms with Gasteiger partial charge in [0.25, 0.3) is 0 Å². The van der Waals surface area contributed by atoms with Crippen molar-refractivity contribution in [2.24, 2.45) is 23.7 Å². The molecule has 0 aromatic heterocycles. The van der Waals surface area contributed by atoms with Crippen LogP contribution in [0.4, 0.5) is 0 Å². The minimum atomic E-state index is 0.802. The zero-order valence-corrected chi connectivity index (χ0v) is 9.64. The van der Waals surface area contributed by atoms with Crippen LogP contribution in [0.2, 0.25) is 0 Å². The first kappa shape index (κ1) is 10.8. The van der Waals surface area contributed by atoms with Gasteiger partial charge in [0, 0.05) is 0 Å². The fourth-order valence-electron chi connectivity index (χ4n) is 2.77. The predicted molar refractivity (Wildman–Crippen MR) is 59.6 cm³/mol. The van der Waals surface area contributed by atoms with Gasteiger partial charge in [0.15, 0.2) is 0 Å². The third-order valence-corrected chi connectivity index (χ3v) is 3.65. The van der Waals surface area contributed by atoms with Gasteiger partial charge in [-0.3, -0.25) is 0 Å². The molecule has 0 heteroatoms. The van der Waals surface area contributed by atoms with Crippen LogP contribution in [0.1, 0.15) is 47.0 Å². The van der Waals surface area contributed by atoms with Crippen LogP contribution in [0.25, 0.3) is 0 Å². The molecule has 0 N–H and O–H groups in total. The Bertz CT molecular complexity index is 178. The Kier molecular flexibility index (Phi) is 3.58. The molecule has 0 amide bonds. The third kappa shape index (κ3) is 2.59. The molecule has 0 spiro atoms. The van der Waals surface area contributed by atoms with Crippen molar-refractivity contribution in [1.29, 1.82) is 0 Å². The smallest absolute Gasteiger partial charge is 0.0178 e. The summed E-state index contributed by atoms with van der Waals surface area (Å²) >= 11 is 0. The molecule has 1 rings (SSSR count). The summed E-state index contributed by atoms with van der Waals surface area (Å²) in [6, 6.07) is 0. The SMILES string of the molecule is C=C(C)[C@@H]1CC[C@@H](C)C[C@H]1C(C)C. The summed E-state index contributed by atoms with van der Waals surface area (Å²) in [6.07, 6.45) is 4.19. The Morgan fingerprint density at radius 3 is 2.38 bits per heavy atom. The minimum Gasteiger partial charge on any atom is -0.0999 e. The molecule has 0 aromatic carbocycles. The quantitative estimate of drug-likeness (QED) is 0.557. The zero-order chi connectivity index (χ0) is 10.0. The molecular formula is C13H24. The predicted octanol–water partition coefficient (Wildman–Crippen LogP) is 4.27. The molecule has 13 heavy (non-hydrogen) atoms. The highest BCUT2D eigenvalue weighted by atomic mass is 14.4. The summed E-state index contributed by atoms with van der Waals surface area (Å²) in [5.41, 5.74) is 1.41. The Labute approximate surface area is 83.4 Å². The van der Waals surface area contributed by atoms with E-state index in [9.17, 15) is 0 Å². The maximum absolute atomic E-state index is 4.14. The highest BCUT2D eigenvalue weighted by molar-refractivity contribution is 5.01. The molecule has 3 atom stereocenters. The number of hydrogen-bond acceptors (Lipinski definition) is 0. The van der Waals surface area contributed by atoms with Crippen LogP contribution >= 0.6 is 0 Å². The van der Waals surface area contributed by atoms with E-state index < -0.39 is 0 Å². The molecule has 1 fully saturated rings. The fourth-order valence-corrected chi connectivity index (χ4v) is 2.77. The van der Waals surface area contributed by atoms with E-state index in [0.29, 0.717) is 0 Å². The van der Waals surface area contributed by atoms with Crippen LogP contribution in [0.5, 0.6) is 0 Å². The van der Waals surface area contributed by atoms with Crippen LogP contribution in [-0.4, -0.2) is 0 Å². The number of hydrogen-bond donors (Lipinski definition) is 0. The second-order valence-electron chi connectivity index (χ2n) is 5.28. The van der Waals surface area contributed by atoms with Crippen molar-refractivity contribution in [3.05, 3.63) is 12.2 Å². The fraction of sp³-hybridized carbons (Fsp3) is 0.846. The first-order valence-corrected chi connectivity index (χ1v) is 5.67. The van der Waals surface area contributed by atoms with Crippen molar-refractivity contribution < 1.29 is 0 Å². The summed E-state index contributed by atoms with van der Waals surface area (Å²) in [7, 11) is 0. The van der Waals surface area contributed by atoms with E-state index >= 15 is 0 Å². The van der Waals surface area contributed by atoms with Crippen molar-refractivity contribution in [2.45, 2.75) is 47.0 Å². The first-order chi connectivity index (χ1) is 6.02. The minimum absolute atomic E-state index is 0.802. The van der Waals surface area contributed by atoms with Crippen molar-refractivity contribution >= 4 is 0 Å². The van der Waals surface area contributed by atoms with Gasteiger partial charge in [0.1, 0.15) is 0 Å². The van der Waals surface area contributed by atoms with E-state index in [-0.39, 0.29) is 0 Å². The van der Waals surface area contributed by atoms with E-state index in [1.165, 1.54) is 24.8 Å². The van der Waals surface area contributed by atoms with Gasteiger partial charge in [-0.1, -0.05) is 39.3 Å². The van der Waals surface area contributed by atoms with Crippen LogP contribution in [0.3, 0.4) is 0 Å². The molecule has 1 aliphatic carbocycles. The van der Waals surface area contributed by atoms with E-state index in [1.807, 2.05) is 0 Å². The van der Waals surface area contributed by atoms with Crippen molar-refractivity contribution in [1.82, 2.24) is 0 Å². The van der Waals surface area contributed by atoms with Crippen LogP contribution in [0, 0.1) is 23.7 Å². The monoisotopic (exact) mass is 180 g/mol. The van der Waals surface area contributed by atoms with Crippen LogP contribution in [-0.2, 0) is 0 Å². The lowest BCUT2D eigenvalue weighted by Gasteiger charge is -2.37. The van der Waals surface area contributed by atoms with Gasteiger partial charge in [-0.25, -0.2) is 0 Å². The van der Waals surface area contributed by atoms with Gasteiger partial charge in [0.2, 0.25) is 0 Å². The maximum Gasteiger partial charge on any atom is -0.0178 e. The molecule has 0 saturated heterocycles.